The van der Waals surface area contributed by atoms with Gasteiger partial charge in [-0.25, -0.2) is 4.39 Å². The van der Waals surface area contributed by atoms with Gasteiger partial charge in [0.15, 0.2) is 11.6 Å². The van der Waals surface area contributed by atoms with Gasteiger partial charge in [0.05, 0.1) is 10.9 Å². The smallest absolute Gasteiger partial charge is 0.314 e. The first-order valence-corrected chi connectivity index (χ1v) is 9.45. The van der Waals surface area contributed by atoms with Gasteiger partial charge in [-0.05, 0) is 55.7 Å². The molecule has 0 fully saturated rings. The van der Waals surface area contributed by atoms with E-state index in [2.05, 4.69) is 0 Å². The minimum absolute atomic E-state index is 0.195. The number of carbonyl (C=O) groups is 2. The van der Waals surface area contributed by atoms with E-state index in [4.69, 9.17) is 11.6 Å². The van der Waals surface area contributed by atoms with Crippen LogP contribution in [0.1, 0.15) is 42.4 Å². The molecular weight excluding hydrogens is 397 g/mol. The number of nitrogens with zero attached hydrogens (tertiary/aromatic N) is 1. The van der Waals surface area contributed by atoms with Crippen LogP contribution in [-0.4, -0.2) is 26.7 Å². The highest BCUT2D eigenvalue weighted by Gasteiger charge is 2.43. The Labute approximate surface area is 172 Å². The van der Waals surface area contributed by atoms with Gasteiger partial charge in [-0.2, -0.15) is 0 Å². The third-order valence-electron chi connectivity index (χ3n) is 5.69. The molecule has 152 valence electrons. The quantitative estimate of drug-likeness (QED) is 0.616. The molecule has 0 aliphatic carbocycles. The van der Waals surface area contributed by atoms with E-state index in [1.165, 1.54) is 10.6 Å². The number of halogens is 2. The summed E-state index contributed by atoms with van der Waals surface area (Å²) in [5.74, 6) is -3.36. The second-order valence-electron chi connectivity index (χ2n) is 7.59. The van der Waals surface area contributed by atoms with E-state index in [0.717, 1.165) is 6.07 Å². The third-order valence-corrected chi connectivity index (χ3v) is 5.94. The molecule has 1 heterocycles. The number of carbonyl (C=O) groups excluding carboxylic acids is 1. The number of hydrogen-bond acceptors (Lipinski definition) is 3. The average Bonchev–Trinajstić information content (AvgIpc) is 2.92. The maximum Gasteiger partial charge on any atom is 0.314 e. The maximum absolute atomic E-state index is 14.2. The van der Waals surface area contributed by atoms with Crippen LogP contribution in [-0.2, 0) is 10.2 Å². The minimum Gasteiger partial charge on any atom is -0.505 e. The van der Waals surface area contributed by atoms with Crippen LogP contribution in [0.3, 0.4) is 0 Å². The first-order valence-electron chi connectivity index (χ1n) is 9.07. The summed E-state index contributed by atoms with van der Waals surface area (Å²) in [6.45, 7) is 6.73. The fraction of sp³-hybridized carbons (Fsp3) is 0.273. The molecule has 3 aromatic rings. The summed E-state index contributed by atoms with van der Waals surface area (Å²) in [5, 5.41) is 20.7. The van der Waals surface area contributed by atoms with Gasteiger partial charge in [0, 0.05) is 27.7 Å². The summed E-state index contributed by atoms with van der Waals surface area (Å²) in [6, 6.07) is 8.47. The molecule has 0 bridgehead atoms. The predicted molar refractivity (Wildman–Crippen MR) is 109 cm³/mol. The zero-order valence-electron chi connectivity index (χ0n) is 16.5. The number of aromatic hydroxyl groups is 1. The van der Waals surface area contributed by atoms with E-state index >= 15 is 0 Å². The molecule has 29 heavy (non-hydrogen) atoms. The molecule has 3 rings (SSSR count). The lowest BCUT2D eigenvalue weighted by molar-refractivity contribution is -0.145. The average molecular weight is 418 g/mol. The Balaban J connectivity index is 2.42. The Bertz CT molecular complexity index is 1130. The molecule has 0 unspecified atom stereocenters. The molecule has 0 aliphatic heterocycles. The summed E-state index contributed by atoms with van der Waals surface area (Å²) in [5.41, 5.74) is -0.106. The molecule has 1 aromatic heterocycles. The van der Waals surface area contributed by atoms with E-state index in [-0.39, 0.29) is 11.4 Å². The fourth-order valence-electron chi connectivity index (χ4n) is 3.71. The standard InChI is InChI=1S/C22H21ClFNO4/c1-11(2)22(4,21(28)29)19-12(3)25(17-10-16(24)18(26)9-15(17)19)20(27)13-5-7-14(23)8-6-13/h5-11,26H,1-4H3,(H,28,29)/t22-/m1/s1. The summed E-state index contributed by atoms with van der Waals surface area (Å²) >= 11 is 5.90. The van der Waals surface area contributed by atoms with Gasteiger partial charge < -0.3 is 10.2 Å². The van der Waals surface area contributed by atoms with Crippen LogP contribution in [0.5, 0.6) is 5.75 Å². The molecule has 0 aliphatic rings. The SMILES string of the molecule is Cc1c([C@](C)(C(=O)O)C(C)C)c2cc(O)c(F)cc2n1C(=O)c1ccc(Cl)cc1. The second kappa shape index (κ2) is 7.19. The Morgan fingerprint density at radius 2 is 1.76 bits per heavy atom. The van der Waals surface area contributed by atoms with Gasteiger partial charge >= 0.3 is 5.97 Å². The van der Waals surface area contributed by atoms with Crippen molar-refractivity contribution in [2.75, 3.05) is 0 Å². The van der Waals surface area contributed by atoms with Crippen LogP contribution in [0.15, 0.2) is 36.4 Å². The molecule has 0 saturated carbocycles. The minimum atomic E-state index is -1.36. The Hall–Kier alpha value is -2.86. The van der Waals surface area contributed by atoms with E-state index in [0.29, 0.717) is 27.2 Å². The van der Waals surface area contributed by atoms with Gasteiger partial charge in [0.1, 0.15) is 0 Å². The lowest BCUT2D eigenvalue weighted by Crippen LogP contribution is -2.38. The Kier molecular flexibility index (Phi) is 5.17. The monoisotopic (exact) mass is 417 g/mol. The van der Waals surface area contributed by atoms with Gasteiger partial charge in [-0.3, -0.25) is 14.2 Å². The van der Waals surface area contributed by atoms with Crippen LogP contribution in [0, 0.1) is 18.7 Å². The molecule has 1 atom stereocenters. The lowest BCUT2D eigenvalue weighted by atomic mass is 9.72. The van der Waals surface area contributed by atoms with Gasteiger partial charge in [0.2, 0.25) is 0 Å². The van der Waals surface area contributed by atoms with E-state index in [1.807, 2.05) is 0 Å². The number of phenols is 1. The first kappa shape index (κ1) is 20.9. The van der Waals surface area contributed by atoms with Crippen LogP contribution >= 0.6 is 11.6 Å². The molecule has 0 spiro atoms. The lowest BCUT2D eigenvalue weighted by Gasteiger charge is -2.30. The van der Waals surface area contributed by atoms with Crippen molar-refractivity contribution in [3.05, 3.63) is 64.1 Å². The first-order chi connectivity index (χ1) is 13.5. The van der Waals surface area contributed by atoms with Crippen molar-refractivity contribution in [3.63, 3.8) is 0 Å². The second-order valence-corrected chi connectivity index (χ2v) is 8.03. The predicted octanol–water partition coefficient (Wildman–Crippen LogP) is 5.13. The molecule has 2 N–H and O–H groups in total. The number of fused-ring (bicyclic) bond motifs is 1. The summed E-state index contributed by atoms with van der Waals surface area (Å²) < 4.78 is 15.5. The van der Waals surface area contributed by atoms with Crippen molar-refractivity contribution in [2.24, 2.45) is 5.92 Å². The van der Waals surface area contributed by atoms with E-state index in [1.54, 1.807) is 52.0 Å². The number of phenolic OH excluding ortho intramolecular Hbond substituents is 1. The number of carboxylic acid groups (broad SMARTS) is 1. The van der Waals surface area contributed by atoms with Gasteiger partial charge in [0.25, 0.3) is 5.91 Å². The highest BCUT2D eigenvalue weighted by molar-refractivity contribution is 6.30. The number of benzene rings is 2. The number of carboxylic acids is 1. The van der Waals surface area contributed by atoms with E-state index in [9.17, 15) is 24.2 Å². The normalized spacial score (nSPS) is 13.6. The highest BCUT2D eigenvalue weighted by atomic mass is 35.5. The molecule has 5 nitrogen and oxygen atoms in total. The zero-order chi connectivity index (χ0) is 21.7. The van der Waals surface area contributed by atoms with Crippen molar-refractivity contribution >= 4 is 34.4 Å². The molecular formula is C22H21ClFNO4. The number of aromatic nitrogens is 1. The molecule has 0 radical (unpaired) electrons. The van der Waals surface area contributed by atoms with Crippen LogP contribution in [0.2, 0.25) is 5.02 Å². The topological polar surface area (TPSA) is 79.5 Å². The van der Waals surface area contributed by atoms with Crippen molar-refractivity contribution in [3.8, 4) is 5.75 Å². The summed E-state index contributed by atoms with van der Waals surface area (Å²) in [4.78, 5) is 25.5. The number of rotatable bonds is 4. The van der Waals surface area contributed by atoms with Crippen LogP contribution in [0.4, 0.5) is 4.39 Å². The fourth-order valence-corrected chi connectivity index (χ4v) is 3.83. The maximum atomic E-state index is 14.2. The Morgan fingerprint density at radius 1 is 1.17 bits per heavy atom. The molecule has 0 saturated heterocycles. The van der Waals surface area contributed by atoms with Crippen molar-refractivity contribution in [1.82, 2.24) is 4.57 Å². The summed E-state index contributed by atoms with van der Waals surface area (Å²) in [7, 11) is 0. The van der Waals surface area contributed by atoms with Gasteiger partial charge in [-0.1, -0.05) is 25.4 Å². The van der Waals surface area contributed by atoms with Gasteiger partial charge in [-0.15, -0.1) is 0 Å². The number of aliphatic carboxylic acids is 1. The van der Waals surface area contributed by atoms with Crippen LogP contribution < -0.4 is 0 Å². The molecule has 7 heteroatoms. The van der Waals surface area contributed by atoms with Crippen molar-refractivity contribution in [2.45, 2.75) is 33.1 Å². The highest BCUT2D eigenvalue weighted by Crippen LogP contribution is 2.42. The third kappa shape index (κ3) is 3.17. The molecule has 0 amide bonds. The largest absolute Gasteiger partial charge is 0.505 e. The number of hydrogen-bond donors (Lipinski definition) is 2. The van der Waals surface area contributed by atoms with Crippen LogP contribution in [0.25, 0.3) is 10.9 Å². The van der Waals surface area contributed by atoms with Crippen molar-refractivity contribution in [1.29, 1.82) is 0 Å². The summed E-state index contributed by atoms with van der Waals surface area (Å²) in [6.07, 6.45) is 0. The van der Waals surface area contributed by atoms with Crippen molar-refractivity contribution < 1.29 is 24.2 Å². The molecule has 2 aromatic carbocycles. The Morgan fingerprint density at radius 3 is 2.28 bits per heavy atom. The zero-order valence-corrected chi connectivity index (χ0v) is 17.2. The van der Waals surface area contributed by atoms with E-state index < -0.39 is 28.9 Å².